The first kappa shape index (κ1) is 18.6. The summed E-state index contributed by atoms with van der Waals surface area (Å²) in [7, 11) is 1.62. The zero-order valence-electron chi connectivity index (χ0n) is 15.2. The second-order valence-electron chi connectivity index (χ2n) is 6.06. The van der Waals surface area contributed by atoms with E-state index in [-0.39, 0.29) is 12.1 Å². The largest absolute Gasteiger partial charge is 0.492 e. The highest BCUT2D eigenvalue weighted by Gasteiger charge is 2.33. The number of carbonyl (C=O) groups is 1. The van der Waals surface area contributed by atoms with Gasteiger partial charge in [-0.1, -0.05) is 19.1 Å². The summed E-state index contributed by atoms with van der Waals surface area (Å²) in [4.78, 5) is 14.9. The van der Waals surface area contributed by atoms with E-state index in [2.05, 4.69) is 28.2 Å². The molecular formula is C20H23BrN2O3. The second kappa shape index (κ2) is 7.99. The molecule has 0 fully saturated rings. The Bertz CT molecular complexity index is 810. The Morgan fingerprint density at radius 2 is 2.00 bits per heavy atom. The van der Waals surface area contributed by atoms with Gasteiger partial charge in [-0.25, -0.2) is 0 Å². The van der Waals surface area contributed by atoms with Crippen molar-refractivity contribution >= 4 is 27.5 Å². The van der Waals surface area contributed by atoms with Crippen LogP contribution in [0.15, 0.2) is 40.9 Å². The topological polar surface area (TPSA) is 50.8 Å². The fourth-order valence-corrected chi connectivity index (χ4v) is 3.86. The van der Waals surface area contributed by atoms with E-state index in [1.165, 1.54) is 0 Å². The van der Waals surface area contributed by atoms with E-state index in [1.807, 2.05) is 48.2 Å². The van der Waals surface area contributed by atoms with Crippen LogP contribution in [-0.2, 0) is 0 Å². The van der Waals surface area contributed by atoms with E-state index in [0.29, 0.717) is 30.2 Å². The lowest BCUT2D eigenvalue weighted by atomic mass is 10.0. The minimum atomic E-state index is -0.265. The van der Waals surface area contributed by atoms with Crippen LogP contribution in [0, 0.1) is 0 Å². The molecule has 26 heavy (non-hydrogen) atoms. The first-order chi connectivity index (χ1) is 12.6. The van der Waals surface area contributed by atoms with Crippen molar-refractivity contribution in [3.8, 4) is 11.5 Å². The fourth-order valence-electron chi connectivity index (χ4n) is 3.23. The molecule has 0 saturated heterocycles. The number of hydrogen-bond acceptors (Lipinski definition) is 4. The standard InChI is InChI=1S/C20H23BrN2O3/c1-4-10-23-19(22-16-9-7-6-8-14(16)20(23)24)13-11-15(21)18(25-3)17(12-13)26-5-2/h6-9,11-12,19,22H,4-5,10H2,1-3H3. The van der Waals surface area contributed by atoms with E-state index in [4.69, 9.17) is 9.47 Å². The number of benzene rings is 2. The number of methoxy groups -OCH3 is 1. The van der Waals surface area contributed by atoms with Crippen molar-refractivity contribution in [3.63, 3.8) is 0 Å². The number of amides is 1. The molecule has 1 aliphatic rings. The normalized spacial score (nSPS) is 16.1. The van der Waals surface area contributed by atoms with Gasteiger partial charge in [0.25, 0.3) is 5.91 Å². The van der Waals surface area contributed by atoms with Gasteiger partial charge in [0.1, 0.15) is 6.17 Å². The Morgan fingerprint density at radius 3 is 2.69 bits per heavy atom. The Balaban J connectivity index is 2.07. The number of nitrogens with one attached hydrogen (secondary N) is 1. The van der Waals surface area contributed by atoms with Crippen molar-refractivity contribution < 1.29 is 14.3 Å². The van der Waals surface area contributed by atoms with Gasteiger partial charge >= 0.3 is 0 Å². The molecule has 1 unspecified atom stereocenters. The van der Waals surface area contributed by atoms with Crippen LogP contribution in [0.5, 0.6) is 11.5 Å². The zero-order chi connectivity index (χ0) is 18.7. The number of rotatable bonds is 6. The molecular weight excluding hydrogens is 396 g/mol. The summed E-state index contributed by atoms with van der Waals surface area (Å²) in [6, 6.07) is 11.5. The molecule has 5 nitrogen and oxygen atoms in total. The van der Waals surface area contributed by atoms with Crippen LogP contribution in [0.25, 0.3) is 0 Å². The quantitative estimate of drug-likeness (QED) is 0.729. The van der Waals surface area contributed by atoms with Crippen molar-refractivity contribution in [1.82, 2.24) is 4.90 Å². The molecule has 0 aromatic heterocycles. The molecule has 6 heteroatoms. The summed E-state index contributed by atoms with van der Waals surface area (Å²) in [6.07, 6.45) is 0.612. The van der Waals surface area contributed by atoms with Crippen LogP contribution in [0.2, 0.25) is 0 Å². The van der Waals surface area contributed by atoms with Gasteiger partial charge in [-0.15, -0.1) is 0 Å². The minimum Gasteiger partial charge on any atom is -0.492 e. The summed E-state index contributed by atoms with van der Waals surface area (Å²) in [5.74, 6) is 1.35. The van der Waals surface area contributed by atoms with Gasteiger partial charge in [-0.3, -0.25) is 4.79 Å². The molecule has 0 bridgehead atoms. The molecule has 1 aliphatic heterocycles. The average Bonchev–Trinajstić information content (AvgIpc) is 2.64. The summed E-state index contributed by atoms with van der Waals surface area (Å²) >= 11 is 3.56. The summed E-state index contributed by atoms with van der Waals surface area (Å²) in [6.45, 7) is 5.20. The van der Waals surface area contributed by atoms with E-state index >= 15 is 0 Å². The predicted molar refractivity (Wildman–Crippen MR) is 106 cm³/mol. The van der Waals surface area contributed by atoms with Gasteiger partial charge in [-0.05, 0) is 59.1 Å². The number of anilines is 1. The number of carbonyl (C=O) groups excluding carboxylic acids is 1. The maximum Gasteiger partial charge on any atom is 0.257 e. The van der Waals surface area contributed by atoms with Gasteiger partial charge in [0, 0.05) is 12.2 Å². The predicted octanol–water partition coefficient (Wildman–Crippen LogP) is 4.83. The third kappa shape index (κ3) is 3.38. The minimum absolute atomic E-state index is 0.0381. The lowest BCUT2D eigenvalue weighted by Gasteiger charge is -2.38. The Kier molecular flexibility index (Phi) is 5.71. The lowest BCUT2D eigenvalue weighted by Crippen LogP contribution is -2.43. The van der Waals surface area contributed by atoms with Crippen molar-refractivity contribution in [3.05, 3.63) is 52.0 Å². The molecule has 1 amide bonds. The highest BCUT2D eigenvalue weighted by atomic mass is 79.9. The maximum absolute atomic E-state index is 13.0. The van der Waals surface area contributed by atoms with Crippen molar-refractivity contribution in [2.75, 3.05) is 25.6 Å². The van der Waals surface area contributed by atoms with Crippen LogP contribution in [-0.4, -0.2) is 31.1 Å². The Hall–Kier alpha value is -2.21. The smallest absolute Gasteiger partial charge is 0.257 e. The third-order valence-corrected chi connectivity index (χ3v) is 4.93. The third-order valence-electron chi connectivity index (χ3n) is 4.34. The molecule has 1 atom stereocenters. The number of fused-ring (bicyclic) bond motifs is 1. The van der Waals surface area contributed by atoms with Crippen LogP contribution in [0.3, 0.4) is 0 Å². The number of halogens is 1. The van der Waals surface area contributed by atoms with Gasteiger partial charge in [-0.2, -0.15) is 0 Å². The number of nitrogens with zero attached hydrogens (tertiary/aromatic N) is 1. The highest BCUT2D eigenvalue weighted by Crippen LogP contribution is 2.41. The molecule has 2 aromatic carbocycles. The van der Waals surface area contributed by atoms with Crippen LogP contribution in [0.1, 0.15) is 42.4 Å². The van der Waals surface area contributed by atoms with Crippen LogP contribution in [0.4, 0.5) is 5.69 Å². The van der Waals surface area contributed by atoms with E-state index in [0.717, 1.165) is 22.1 Å². The molecule has 0 saturated carbocycles. The molecule has 0 radical (unpaired) electrons. The number of ether oxygens (including phenoxy) is 2. The zero-order valence-corrected chi connectivity index (χ0v) is 16.8. The molecule has 138 valence electrons. The van der Waals surface area contributed by atoms with Gasteiger partial charge < -0.3 is 19.7 Å². The van der Waals surface area contributed by atoms with Crippen molar-refractivity contribution in [1.29, 1.82) is 0 Å². The monoisotopic (exact) mass is 418 g/mol. The summed E-state index contributed by atoms with van der Waals surface area (Å²) in [5.41, 5.74) is 2.49. The van der Waals surface area contributed by atoms with Gasteiger partial charge in [0.15, 0.2) is 11.5 Å². The lowest BCUT2D eigenvalue weighted by molar-refractivity contribution is 0.0683. The van der Waals surface area contributed by atoms with E-state index < -0.39 is 0 Å². The fraction of sp³-hybridized carbons (Fsp3) is 0.350. The van der Waals surface area contributed by atoms with Crippen molar-refractivity contribution in [2.45, 2.75) is 26.4 Å². The number of para-hydroxylation sites is 1. The summed E-state index contributed by atoms with van der Waals surface area (Å²) in [5, 5.41) is 3.50. The highest BCUT2D eigenvalue weighted by molar-refractivity contribution is 9.10. The Labute approximate surface area is 162 Å². The van der Waals surface area contributed by atoms with E-state index in [1.54, 1.807) is 7.11 Å². The van der Waals surface area contributed by atoms with Crippen LogP contribution < -0.4 is 14.8 Å². The SMILES string of the molecule is CCCN1C(=O)c2ccccc2NC1c1cc(Br)c(OC)c(OCC)c1. The Morgan fingerprint density at radius 1 is 1.23 bits per heavy atom. The first-order valence-corrected chi connectivity index (χ1v) is 9.56. The average molecular weight is 419 g/mol. The molecule has 2 aromatic rings. The molecule has 1 N–H and O–H groups in total. The van der Waals surface area contributed by atoms with Crippen molar-refractivity contribution in [2.24, 2.45) is 0 Å². The number of hydrogen-bond donors (Lipinski definition) is 1. The van der Waals surface area contributed by atoms with Gasteiger partial charge in [0.05, 0.1) is 23.8 Å². The molecule has 0 aliphatic carbocycles. The van der Waals surface area contributed by atoms with Crippen LogP contribution >= 0.6 is 15.9 Å². The van der Waals surface area contributed by atoms with E-state index in [9.17, 15) is 4.79 Å². The molecule has 1 heterocycles. The summed E-state index contributed by atoms with van der Waals surface area (Å²) < 4.78 is 12.0. The second-order valence-corrected chi connectivity index (χ2v) is 6.91. The van der Waals surface area contributed by atoms with Gasteiger partial charge in [0.2, 0.25) is 0 Å². The first-order valence-electron chi connectivity index (χ1n) is 8.77. The molecule has 3 rings (SSSR count). The molecule has 0 spiro atoms. The maximum atomic E-state index is 13.0.